The monoisotopic (exact) mass is 299 g/mol. The van der Waals surface area contributed by atoms with Gasteiger partial charge < -0.3 is 10.6 Å². The molecule has 2 unspecified atom stereocenters. The van der Waals surface area contributed by atoms with Crippen LogP contribution in [0.1, 0.15) is 38.2 Å². The first kappa shape index (κ1) is 16.0. The number of benzene rings is 1. The van der Waals surface area contributed by atoms with Crippen LogP contribution in [0.2, 0.25) is 0 Å². The fourth-order valence-corrected chi connectivity index (χ4v) is 2.39. The van der Waals surface area contributed by atoms with Gasteiger partial charge in [-0.25, -0.2) is 0 Å². The number of nitrogens with zero attached hydrogens (tertiary/aromatic N) is 1. The van der Waals surface area contributed by atoms with E-state index in [4.69, 9.17) is 5.26 Å². The van der Waals surface area contributed by atoms with E-state index in [2.05, 4.69) is 17.6 Å². The van der Waals surface area contributed by atoms with Crippen molar-refractivity contribution in [3.8, 4) is 6.07 Å². The summed E-state index contributed by atoms with van der Waals surface area (Å²) in [6.45, 7) is 2.80. The molecule has 1 aromatic rings. The van der Waals surface area contributed by atoms with E-state index in [0.29, 0.717) is 24.2 Å². The Hall–Kier alpha value is -2.35. The van der Waals surface area contributed by atoms with Gasteiger partial charge in [-0.3, -0.25) is 9.59 Å². The van der Waals surface area contributed by atoms with E-state index in [0.717, 1.165) is 19.3 Å². The predicted octanol–water partition coefficient (Wildman–Crippen LogP) is 2.44. The Morgan fingerprint density at radius 1 is 1.27 bits per heavy atom. The zero-order chi connectivity index (χ0) is 15.9. The highest BCUT2D eigenvalue weighted by atomic mass is 16.2. The molecule has 0 aliphatic heterocycles. The third-order valence-corrected chi connectivity index (χ3v) is 3.80. The summed E-state index contributed by atoms with van der Waals surface area (Å²) in [5, 5.41) is 14.5. The van der Waals surface area contributed by atoms with Crippen molar-refractivity contribution in [1.82, 2.24) is 5.32 Å². The summed E-state index contributed by atoms with van der Waals surface area (Å²) >= 11 is 0. The minimum Gasteiger partial charge on any atom is -0.356 e. The smallest absolute Gasteiger partial charge is 0.228 e. The Morgan fingerprint density at radius 2 is 2.05 bits per heavy atom. The van der Waals surface area contributed by atoms with Crippen LogP contribution >= 0.6 is 0 Å². The number of hydrogen-bond donors (Lipinski definition) is 2. The zero-order valence-electron chi connectivity index (χ0n) is 12.8. The van der Waals surface area contributed by atoms with E-state index >= 15 is 0 Å². The molecule has 2 atom stereocenters. The molecule has 0 bridgehead atoms. The van der Waals surface area contributed by atoms with Crippen molar-refractivity contribution in [1.29, 1.82) is 5.26 Å². The summed E-state index contributed by atoms with van der Waals surface area (Å²) in [7, 11) is 0. The number of anilines is 1. The van der Waals surface area contributed by atoms with Crippen molar-refractivity contribution in [2.45, 2.75) is 32.6 Å². The molecule has 5 heteroatoms. The SMILES string of the molecule is CCCCCNC(=O)C1CC1C(=O)Nc1cccc(C#N)c1. The van der Waals surface area contributed by atoms with Crippen molar-refractivity contribution in [2.75, 3.05) is 11.9 Å². The molecule has 5 nitrogen and oxygen atoms in total. The molecule has 2 amide bonds. The lowest BCUT2D eigenvalue weighted by molar-refractivity contribution is -0.125. The maximum absolute atomic E-state index is 12.1. The van der Waals surface area contributed by atoms with E-state index < -0.39 is 0 Å². The minimum atomic E-state index is -0.253. The van der Waals surface area contributed by atoms with Gasteiger partial charge in [0, 0.05) is 12.2 Å². The van der Waals surface area contributed by atoms with Crippen molar-refractivity contribution in [3.63, 3.8) is 0 Å². The summed E-state index contributed by atoms with van der Waals surface area (Å²) in [5.74, 6) is -0.636. The number of nitriles is 1. The van der Waals surface area contributed by atoms with Crippen LogP contribution < -0.4 is 10.6 Å². The molecule has 1 saturated carbocycles. The summed E-state index contributed by atoms with van der Waals surface area (Å²) in [6, 6.07) is 8.79. The first-order valence-electron chi connectivity index (χ1n) is 7.74. The van der Waals surface area contributed by atoms with Crippen molar-refractivity contribution >= 4 is 17.5 Å². The normalized spacial score (nSPS) is 19.1. The number of carbonyl (C=O) groups is 2. The highest BCUT2D eigenvalue weighted by Gasteiger charge is 2.47. The lowest BCUT2D eigenvalue weighted by Crippen LogP contribution is -2.28. The highest BCUT2D eigenvalue weighted by molar-refractivity contribution is 5.99. The predicted molar refractivity (Wildman–Crippen MR) is 83.9 cm³/mol. The molecule has 116 valence electrons. The van der Waals surface area contributed by atoms with Gasteiger partial charge in [-0.1, -0.05) is 25.8 Å². The second kappa shape index (κ2) is 7.60. The third kappa shape index (κ3) is 4.32. The van der Waals surface area contributed by atoms with E-state index in [-0.39, 0.29) is 23.7 Å². The van der Waals surface area contributed by atoms with Crippen LogP contribution in [0.25, 0.3) is 0 Å². The Morgan fingerprint density at radius 3 is 2.77 bits per heavy atom. The Labute approximate surface area is 130 Å². The third-order valence-electron chi connectivity index (χ3n) is 3.80. The maximum Gasteiger partial charge on any atom is 0.228 e. The standard InChI is InChI=1S/C17H21N3O2/c1-2-3-4-8-19-16(21)14-10-15(14)17(22)20-13-7-5-6-12(9-13)11-18/h5-7,9,14-15H,2-4,8,10H2,1H3,(H,19,21)(H,20,22). The largest absolute Gasteiger partial charge is 0.356 e. The van der Waals surface area contributed by atoms with Crippen LogP contribution in [-0.4, -0.2) is 18.4 Å². The Balaban J connectivity index is 1.78. The first-order chi connectivity index (χ1) is 10.7. The molecule has 1 aliphatic rings. The molecule has 1 fully saturated rings. The zero-order valence-corrected chi connectivity index (χ0v) is 12.8. The van der Waals surface area contributed by atoms with Gasteiger partial charge in [-0.05, 0) is 31.0 Å². The average Bonchev–Trinajstić information content (AvgIpc) is 3.32. The lowest BCUT2D eigenvalue weighted by Gasteiger charge is -2.06. The quantitative estimate of drug-likeness (QED) is 0.759. The van der Waals surface area contributed by atoms with E-state index in [1.807, 2.05) is 6.07 Å². The van der Waals surface area contributed by atoms with Crippen molar-refractivity contribution in [2.24, 2.45) is 11.8 Å². The summed E-state index contributed by atoms with van der Waals surface area (Å²) in [4.78, 5) is 24.0. The second-order valence-electron chi connectivity index (χ2n) is 5.63. The molecular formula is C17H21N3O2. The molecule has 1 aliphatic carbocycles. The van der Waals surface area contributed by atoms with Gasteiger partial charge in [0.05, 0.1) is 23.5 Å². The molecule has 0 heterocycles. The minimum absolute atomic E-state index is 0.0259. The van der Waals surface area contributed by atoms with Crippen LogP contribution in [0.15, 0.2) is 24.3 Å². The fourth-order valence-electron chi connectivity index (χ4n) is 2.39. The summed E-state index contributed by atoms with van der Waals surface area (Å²) in [5.41, 5.74) is 1.09. The van der Waals surface area contributed by atoms with Crippen molar-refractivity contribution < 1.29 is 9.59 Å². The average molecular weight is 299 g/mol. The number of rotatable bonds is 7. The molecular weight excluding hydrogens is 278 g/mol. The maximum atomic E-state index is 12.1. The molecule has 1 aromatic carbocycles. The number of amides is 2. The number of carbonyl (C=O) groups excluding carboxylic acids is 2. The van der Waals surface area contributed by atoms with Gasteiger partial charge >= 0.3 is 0 Å². The Kier molecular flexibility index (Phi) is 5.54. The van der Waals surface area contributed by atoms with Crippen LogP contribution in [0.4, 0.5) is 5.69 Å². The molecule has 0 radical (unpaired) electrons. The molecule has 2 N–H and O–H groups in total. The topological polar surface area (TPSA) is 82.0 Å². The second-order valence-corrected chi connectivity index (χ2v) is 5.63. The molecule has 0 saturated heterocycles. The summed E-state index contributed by atoms with van der Waals surface area (Å²) < 4.78 is 0. The van der Waals surface area contributed by atoms with Gasteiger partial charge in [-0.2, -0.15) is 5.26 Å². The first-order valence-corrected chi connectivity index (χ1v) is 7.74. The van der Waals surface area contributed by atoms with Crippen molar-refractivity contribution in [3.05, 3.63) is 29.8 Å². The molecule has 0 aromatic heterocycles. The van der Waals surface area contributed by atoms with E-state index in [1.165, 1.54) is 0 Å². The van der Waals surface area contributed by atoms with Crippen LogP contribution in [-0.2, 0) is 9.59 Å². The van der Waals surface area contributed by atoms with E-state index in [9.17, 15) is 9.59 Å². The van der Waals surface area contributed by atoms with Gasteiger partial charge in [-0.15, -0.1) is 0 Å². The number of nitrogens with one attached hydrogen (secondary N) is 2. The highest BCUT2D eigenvalue weighted by Crippen LogP contribution is 2.39. The van der Waals surface area contributed by atoms with Gasteiger partial charge in [0.2, 0.25) is 11.8 Å². The summed E-state index contributed by atoms with van der Waals surface area (Å²) in [6.07, 6.45) is 3.80. The lowest BCUT2D eigenvalue weighted by atomic mass is 10.2. The van der Waals surface area contributed by atoms with Gasteiger partial charge in [0.1, 0.15) is 0 Å². The van der Waals surface area contributed by atoms with Gasteiger partial charge in [0.15, 0.2) is 0 Å². The van der Waals surface area contributed by atoms with Crippen LogP contribution in [0.3, 0.4) is 0 Å². The molecule has 22 heavy (non-hydrogen) atoms. The number of hydrogen-bond acceptors (Lipinski definition) is 3. The fraction of sp³-hybridized carbons (Fsp3) is 0.471. The Bertz CT molecular complexity index is 592. The van der Waals surface area contributed by atoms with E-state index in [1.54, 1.807) is 24.3 Å². The van der Waals surface area contributed by atoms with Crippen LogP contribution in [0.5, 0.6) is 0 Å². The number of unbranched alkanes of at least 4 members (excludes halogenated alkanes) is 2. The molecule has 2 rings (SSSR count). The van der Waals surface area contributed by atoms with Gasteiger partial charge in [0.25, 0.3) is 0 Å². The molecule has 0 spiro atoms. The van der Waals surface area contributed by atoms with Crippen LogP contribution in [0, 0.1) is 23.2 Å².